The van der Waals surface area contributed by atoms with Crippen LogP contribution in [-0.4, -0.2) is 20.5 Å². The molecule has 0 amide bonds. The van der Waals surface area contributed by atoms with Gasteiger partial charge in [0.25, 0.3) is 0 Å². The molecule has 1 aromatic rings. The molecule has 3 nitrogen and oxygen atoms in total. The molecule has 1 N–H and O–H groups in total. The number of aromatic nitrogens is 2. The Bertz CT molecular complexity index is 277. The van der Waals surface area contributed by atoms with Crippen LogP contribution in [0.25, 0.3) is 0 Å². The standard InChI is InChI=1S/C11H20N2O/c1-4-11(14,5-2)7-10-8-12-13(6-3)9-10/h8-9,14H,4-7H2,1-3H3. The number of nitrogens with zero attached hydrogens (tertiary/aromatic N) is 2. The third-order valence-corrected chi connectivity index (χ3v) is 2.86. The highest BCUT2D eigenvalue weighted by Crippen LogP contribution is 2.20. The molecule has 80 valence electrons. The van der Waals surface area contributed by atoms with E-state index in [4.69, 9.17) is 0 Å². The van der Waals surface area contributed by atoms with E-state index in [9.17, 15) is 5.11 Å². The molecule has 3 heteroatoms. The lowest BCUT2D eigenvalue weighted by Crippen LogP contribution is -2.29. The molecule has 0 aliphatic heterocycles. The van der Waals surface area contributed by atoms with Crippen LogP contribution >= 0.6 is 0 Å². The average molecular weight is 196 g/mol. The van der Waals surface area contributed by atoms with Crippen LogP contribution in [0, 0.1) is 0 Å². The molecule has 1 aromatic heterocycles. The predicted molar refractivity (Wildman–Crippen MR) is 57.1 cm³/mol. The van der Waals surface area contributed by atoms with Gasteiger partial charge in [-0.3, -0.25) is 4.68 Å². The highest BCUT2D eigenvalue weighted by atomic mass is 16.3. The van der Waals surface area contributed by atoms with Crippen molar-refractivity contribution in [2.75, 3.05) is 0 Å². The van der Waals surface area contributed by atoms with Crippen LogP contribution in [0.15, 0.2) is 12.4 Å². The number of hydrogen-bond acceptors (Lipinski definition) is 2. The van der Waals surface area contributed by atoms with E-state index < -0.39 is 5.60 Å². The molecular weight excluding hydrogens is 176 g/mol. The zero-order chi connectivity index (χ0) is 10.6. The van der Waals surface area contributed by atoms with Crippen molar-refractivity contribution in [1.82, 2.24) is 9.78 Å². The Kier molecular flexibility index (Phi) is 3.69. The van der Waals surface area contributed by atoms with E-state index in [1.165, 1.54) is 0 Å². The van der Waals surface area contributed by atoms with Crippen molar-refractivity contribution < 1.29 is 5.11 Å². The topological polar surface area (TPSA) is 38.0 Å². The summed E-state index contributed by atoms with van der Waals surface area (Å²) < 4.78 is 1.89. The number of aliphatic hydroxyl groups is 1. The molecule has 0 saturated heterocycles. The van der Waals surface area contributed by atoms with E-state index in [1.807, 2.05) is 30.9 Å². The first kappa shape index (κ1) is 11.2. The van der Waals surface area contributed by atoms with Crippen molar-refractivity contribution in [3.05, 3.63) is 18.0 Å². The maximum absolute atomic E-state index is 10.1. The molecule has 0 spiro atoms. The number of rotatable bonds is 5. The molecule has 0 atom stereocenters. The third kappa shape index (κ3) is 2.58. The third-order valence-electron chi connectivity index (χ3n) is 2.86. The summed E-state index contributed by atoms with van der Waals surface area (Å²) in [4.78, 5) is 0. The van der Waals surface area contributed by atoms with Crippen LogP contribution in [0.1, 0.15) is 39.2 Å². The molecule has 0 fully saturated rings. The van der Waals surface area contributed by atoms with Crippen molar-refractivity contribution in [1.29, 1.82) is 0 Å². The van der Waals surface area contributed by atoms with Gasteiger partial charge in [0, 0.05) is 19.2 Å². The molecule has 0 radical (unpaired) electrons. The lowest BCUT2D eigenvalue weighted by molar-refractivity contribution is 0.0326. The number of hydrogen-bond donors (Lipinski definition) is 1. The van der Waals surface area contributed by atoms with Gasteiger partial charge in [0.1, 0.15) is 0 Å². The molecular formula is C11H20N2O. The van der Waals surface area contributed by atoms with E-state index in [0.29, 0.717) is 6.42 Å². The Morgan fingerprint density at radius 3 is 2.43 bits per heavy atom. The molecule has 0 aliphatic rings. The van der Waals surface area contributed by atoms with E-state index >= 15 is 0 Å². The maximum Gasteiger partial charge on any atom is 0.0683 e. The number of aryl methyl sites for hydroxylation is 1. The summed E-state index contributed by atoms with van der Waals surface area (Å²) in [6.07, 6.45) is 6.15. The second-order valence-electron chi connectivity index (χ2n) is 3.81. The van der Waals surface area contributed by atoms with E-state index in [2.05, 4.69) is 12.0 Å². The Labute approximate surface area is 85.8 Å². The van der Waals surface area contributed by atoms with Crippen molar-refractivity contribution in [2.24, 2.45) is 0 Å². The minimum Gasteiger partial charge on any atom is -0.390 e. The normalized spacial score (nSPS) is 12.0. The van der Waals surface area contributed by atoms with Crippen molar-refractivity contribution in [3.63, 3.8) is 0 Å². The van der Waals surface area contributed by atoms with Crippen molar-refractivity contribution >= 4 is 0 Å². The molecule has 0 saturated carbocycles. The van der Waals surface area contributed by atoms with Gasteiger partial charge in [0.15, 0.2) is 0 Å². The van der Waals surface area contributed by atoms with Crippen LogP contribution in [0.5, 0.6) is 0 Å². The van der Waals surface area contributed by atoms with Gasteiger partial charge in [0.05, 0.1) is 11.8 Å². The van der Waals surface area contributed by atoms with Crippen molar-refractivity contribution in [3.8, 4) is 0 Å². The molecule has 0 aromatic carbocycles. The highest BCUT2D eigenvalue weighted by Gasteiger charge is 2.22. The Morgan fingerprint density at radius 1 is 1.36 bits per heavy atom. The zero-order valence-corrected chi connectivity index (χ0v) is 9.32. The maximum atomic E-state index is 10.1. The first-order valence-corrected chi connectivity index (χ1v) is 5.37. The zero-order valence-electron chi connectivity index (χ0n) is 9.32. The Hall–Kier alpha value is -0.830. The predicted octanol–water partition coefficient (Wildman–Crippen LogP) is 2.00. The minimum absolute atomic E-state index is 0.554. The Morgan fingerprint density at radius 2 is 2.00 bits per heavy atom. The summed E-state index contributed by atoms with van der Waals surface area (Å²) in [5.41, 5.74) is 0.569. The van der Waals surface area contributed by atoms with E-state index in [0.717, 1.165) is 24.9 Å². The van der Waals surface area contributed by atoms with Gasteiger partial charge in [-0.1, -0.05) is 13.8 Å². The first-order valence-electron chi connectivity index (χ1n) is 5.37. The minimum atomic E-state index is -0.554. The van der Waals surface area contributed by atoms with Gasteiger partial charge in [-0.25, -0.2) is 0 Å². The average Bonchev–Trinajstić information content (AvgIpc) is 2.65. The largest absolute Gasteiger partial charge is 0.390 e. The fraction of sp³-hybridized carbons (Fsp3) is 0.727. The summed E-state index contributed by atoms with van der Waals surface area (Å²) in [5, 5.41) is 14.3. The van der Waals surface area contributed by atoms with Gasteiger partial charge in [-0.15, -0.1) is 0 Å². The van der Waals surface area contributed by atoms with Crippen LogP contribution < -0.4 is 0 Å². The second kappa shape index (κ2) is 4.60. The fourth-order valence-electron chi connectivity index (χ4n) is 1.55. The first-order chi connectivity index (χ1) is 6.63. The lowest BCUT2D eigenvalue weighted by atomic mass is 9.91. The van der Waals surface area contributed by atoms with Gasteiger partial charge >= 0.3 is 0 Å². The van der Waals surface area contributed by atoms with Gasteiger partial charge in [-0.05, 0) is 25.3 Å². The van der Waals surface area contributed by atoms with Gasteiger partial charge in [0.2, 0.25) is 0 Å². The quantitative estimate of drug-likeness (QED) is 0.782. The fourth-order valence-corrected chi connectivity index (χ4v) is 1.55. The van der Waals surface area contributed by atoms with Gasteiger partial charge in [-0.2, -0.15) is 5.10 Å². The summed E-state index contributed by atoms with van der Waals surface area (Å²) in [7, 11) is 0. The van der Waals surface area contributed by atoms with E-state index in [-0.39, 0.29) is 0 Å². The summed E-state index contributed by atoms with van der Waals surface area (Å²) in [6, 6.07) is 0. The monoisotopic (exact) mass is 196 g/mol. The summed E-state index contributed by atoms with van der Waals surface area (Å²) >= 11 is 0. The summed E-state index contributed by atoms with van der Waals surface area (Å²) in [6.45, 7) is 6.99. The highest BCUT2D eigenvalue weighted by molar-refractivity contribution is 5.08. The smallest absolute Gasteiger partial charge is 0.0683 e. The molecule has 0 bridgehead atoms. The van der Waals surface area contributed by atoms with Crippen LogP contribution in [0.4, 0.5) is 0 Å². The SMILES string of the molecule is CCn1cc(CC(O)(CC)CC)cn1. The molecule has 1 heterocycles. The van der Waals surface area contributed by atoms with Crippen LogP contribution in [0.3, 0.4) is 0 Å². The van der Waals surface area contributed by atoms with E-state index in [1.54, 1.807) is 0 Å². The van der Waals surface area contributed by atoms with Crippen LogP contribution in [-0.2, 0) is 13.0 Å². The molecule has 0 unspecified atom stereocenters. The second-order valence-corrected chi connectivity index (χ2v) is 3.81. The lowest BCUT2D eigenvalue weighted by Gasteiger charge is -2.24. The van der Waals surface area contributed by atoms with Crippen molar-refractivity contribution in [2.45, 2.75) is 52.2 Å². The van der Waals surface area contributed by atoms with Gasteiger partial charge < -0.3 is 5.11 Å². The molecule has 14 heavy (non-hydrogen) atoms. The summed E-state index contributed by atoms with van der Waals surface area (Å²) in [5.74, 6) is 0. The molecule has 1 rings (SSSR count). The molecule has 0 aliphatic carbocycles. The Balaban J connectivity index is 2.67. The van der Waals surface area contributed by atoms with Crippen LogP contribution in [0.2, 0.25) is 0 Å².